The highest BCUT2D eigenvalue weighted by Crippen LogP contribution is 2.19. The van der Waals surface area contributed by atoms with Crippen LogP contribution in [0.2, 0.25) is 0 Å². The number of amides is 1. The average molecular weight is 405 g/mol. The summed E-state index contributed by atoms with van der Waals surface area (Å²) in [5.41, 5.74) is 3.21. The topological polar surface area (TPSA) is 49.6 Å². The zero-order valence-electron chi connectivity index (χ0n) is 14.6. The number of pyridine rings is 1. The summed E-state index contributed by atoms with van der Waals surface area (Å²) in [6, 6.07) is 4.46. The van der Waals surface area contributed by atoms with Crippen LogP contribution in [0.5, 0.6) is 0 Å². The molecule has 25 heavy (non-hydrogen) atoms. The van der Waals surface area contributed by atoms with Crippen molar-refractivity contribution in [3.8, 4) is 0 Å². The van der Waals surface area contributed by atoms with E-state index in [1.54, 1.807) is 11.8 Å². The Labute approximate surface area is 165 Å². The summed E-state index contributed by atoms with van der Waals surface area (Å²) in [5, 5.41) is 3.18. The quantitative estimate of drug-likeness (QED) is 0.803. The number of aryl methyl sites for hydroxylation is 1. The zero-order valence-corrected chi connectivity index (χ0v) is 17.1. The average Bonchev–Trinajstić information content (AvgIpc) is 3.13. The molecule has 1 N–H and O–H groups in total. The predicted molar refractivity (Wildman–Crippen MR) is 109 cm³/mol. The van der Waals surface area contributed by atoms with E-state index in [1.165, 1.54) is 5.56 Å². The Hall–Kier alpha value is -0.950. The van der Waals surface area contributed by atoms with Gasteiger partial charge in [-0.15, -0.1) is 36.6 Å². The van der Waals surface area contributed by atoms with Crippen LogP contribution in [0, 0.1) is 6.92 Å². The van der Waals surface area contributed by atoms with Crippen LogP contribution in [0.4, 0.5) is 0 Å². The first kappa shape index (κ1) is 22.1. The van der Waals surface area contributed by atoms with Gasteiger partial charge in [0.1, 0.15) is 5.65 Å². The Bertz CT molecular complexity index is 694. The summed E-state index contributed by atoms with van der Waals surface area (Å²) >= 11 is 1.65. The summed E-state index contributed by atoms with van der Waals surface area (Å²) in [6.07, 6.45) is 6.37. The van der Waals surface area contributed by atoms with Crippen molar-refractivity contribution in [2.45, 2.75) is 31.6 Å². The lowest BCUT2D eigenvalue weighted by Gasteiger charge is -2.24. The van der Waals surface area contributed by atoms with Crippen molar-refractivity contribution in [1.82, 2.24) is 19.6 Å². The van der Waals surface area contributed by atoms with Gasteiger partial charge in [0, 0.05) is 37.3 Å². The second kappa shape index (κ2) is 10.3. The molecule has 2 aromatic rings. The first-order valence-electron chi connectivity index (χ1n) is 8.13. The third-order valence-electron chi connectivity index (χ3n) is 4.26. The second-order valence-electron chi connectivity index (χ2n) is 6.14. The van der Waals surface area contributed by atoms with Crippen molar-refractivity contribution in [3.05, 3.63) is 35.8 Å². The lowest BCUT2D eigenvalue weighted by atomic mass is 10.2. The predicted octanol–water partition coefficient (Wildman–Crippen LogP) is 2.93. The molecule has 1 aliphatic heterocycles. The number of hydrogen-bond acceptors (Lipinski definition) is 4. The third-order valence-corrected chi connectivity index (χ3v) is 5.21. The molecule has 1 fully saturated rings. The van der Waals surface area contributed by atoms with Gasteiger partial charge in [-0.3, -0.25) is 4.79 Å². The molecule has 0 spiro atoms. The van der Waals surface area contributed by atoms with Crippen molar-refractivity contribution >= 4 is 48.1 Å². The molecule has 0 aliphatic carbocycles. The largest absolute Gasteiger partial charge is 0.338 e. The van der Waals surface area contributed by atoms with Gasteiger partial charge in [0.05, 0.1) is 11.4 Å². The summed E-state index contributed by atoms with van der Waals surface area (Å²) in [6.45, 7) is 3.87. The smallest absolute Gasteiger partial charge is 0.232 e. The SMILES string of the molecule is CNCC1CCCN1C(=O)CSCc1cn2cc(C)ccc2n1.Cl.Cl. The number of fused-ring (bicyclic) bond motifs is 1. The fourth-order valence-corrected chi connectivity index (χ4v) is 3.95. The van der Waals surface area contributed by atoms with Crippen LogP contribution in [0.1, 0.15) is 24.1 Å². The van der Waals surface area contributed by atoms with E-state index in [-0.39, 0.29) is 30.7 Å². The molecule has 8 heteroatoms. The van der Waals surface area contributed by atoms with Crippen molar-refractivity contribution in [3.63, 3.8) is 0 Å². The number of halogens is 2. The molecule has 1 amide bonds. The number of thioether (sulfide) groups is 1. The van der Waals surface area contributed by atoms with Gasteiger partial charge < -0.3 is 14.6 Å². The molecule has 0 aromatic carbocycles. The maximum atomic E-state index is 12.4. The van der Waals surface area contributed by atoms with Gasteiger partial charge in [-0.05, 0) is 38.4 Å². The highest BCUT2D eigenvalue weighted by Gasteiger charge is 2.27. The van der Waals surface area contributed by atoms with Gasteiger partial charge in [-0.25, -0.2) is 4.98 Å². The normalized spacial score (nSPS) is 16.6. The van der Waals surface area contributed by atoms with Gasteiger partial charge in [0.25, 0.3) is 0 Å². The van der Waals surface area contributed by atoms with E-state index in [4.69, 9.17) is 0 Å². The molecule has 1 atom stereocenters. The van der Waals surface area contributed by atoms with E-state index in [0.717, 1.165) is 43.0 Å². The van der Waals surface area contributed by atoms with Crippen molar-refractivity contribution in [2.75, 3.05) is 25.9 Å². The minimum absolute atomic E-state index is 0. The van der Waals surface area contributed by atoms with Gasteiger partial charge in [0.2, 0.25) is 5.91 Å². The standard InChI is InChI=1S/C17H24N4OS.2ClH/c1-13-5-6-16-19-14(10-20(16)9-13)11-23-12-17(22)21-7-3-4-15(21)8-18-2;;/h5-6,9-10,15,18H,3-4,7-8,11-12H2,1-2H3;2*1H. The van der Waals surface area contributed by atoms with E-state index in [2.05, 4.69) is 40.1 Å². The van der Waals surface area contributed by atoms with E-state index >= 15 is 0 Å². The minimum atomic E-state index is 0. The number of carbonyl (C=O) groups excluding carboxylic acids is 1. The molecule has 0 bridgehead atoms. The lowest BCUT2D eigenvalue weighted by molar-refractivity contribution is -0.129. The lowest BCUT2D eigenvalue weighted by Crippen LogP contribution is -2.41. The number of imidazole rings is 1. The van der Waals surface area contributed by atoms with Crippen molar-refractivity contribution in [1.29, 1.82) is 0 Å². The number of likely N-dealkylation sites (N-methyl/N-ethyl adjacent to an activating group) is 1. The Morgan fingerprint density at radius 1 is 1.36 bits per heavy atom. The molecule has 3 rings (SSSR count). The third kappa shape index (κ3) is 5.51. The van der Waals surface area contributed by atoms with Gasteiger partial charge in [-0.1, -0.05) is 6.07 Å². The van der Waals surface area contributed by atoms with Gasteiger partial charge in [0.15, 0.2) is 0 Å². The minimum Gasteiger partial charge on any atom is -0.338 e. The number of hydrogen-bond donors (Lipinski definition) is 1. The van der Waals surface area contributed by atoms with Crippen LogP contribution < -0.4 is 5.32 Å². The molecule has 3 heterocycles. The van der Waals surface area contributed by atoms with E-state index < -0.39 is 0 Å². The highest BCUT2D eigenvalue weighted by molar-refractivity contribution is 7.99. The molecule has 0 saturated carbocycles. The van der Waals surface area contributed by atoms with Crippen molar-refractivity contribution in [2.24, 2.45) is 0 Å². The maximum absolute atomic E-state index is 12.4. The van der Waals surface area contributed by atoms with Crippen LogP contribution in [-0.2, 0) is 10.5 Å². The van der Waals surface area contributed by atoms with Crippen LogP contribution in [0.3, 0.4) is 0 Å². The summed E-state index contributed by atoms with van der Waals surface area (Å²) in [4.78, 5) is 19.0. The van der Waals surface area contributed by atoms with Crippen LogP contribution in [-0.4, -0.2) is 52.1 Å². The molecule has 1 unspecified atom stereocenters. The maximum Gasteiger partial charge on any atom is 0.232 e. The number of rotatable bonds is 6. The number of likely N-dealkylation sites (tertiary alicyclic amines) is 1. The zero-order chi connectivity index (χ0) is 16.2. The summed E-state index contributed by atoms with van der Waals surface area (Å²) in [7, 11) is 1.95. The molecule has 2 aromatic heterocycles. The summed E-state index contributed by atoms with van der Waals surface area (Å²) in [5.74, 6) is 1.57. The van der Waals surface area contributed by atoms with E-state index in [1.807, 2.05) is 18.0 Å². The van der Waals surface area contributed by atoms with Gasteiger partial charge in [-0.2, -0.15) is 0 Å². The Balaban J connectivity index is 0.00000156. The Morgan fingerprint density at radius 2 is 2.16 bits per heavy atom. The van der Waals surface area contributed by atoms with Crippen LogP contribution >= 0.6 is 36.6 Å². The molecule has 1 saturated heterocycles. The van der Waals surface area contributed by atoms with E-state index in [9.17, 15) is 4.79 Å². The van der Waals surface area contributed by atoms with E-state index in [0.29, 0.717) is 11.8 Å². The number of aromatic nitrogens is 2. The van der Waals surface area contributed by atoms with Crippen LogP contribution in [0.25, 0.3) is 5.65 Å². The summed E-state index contributed by atoms with van der Waals surface area (Å²) < 4.78 is 2.05. The molecule has 1 aliphatic rings. The molecule has 140 valence electrons. The number of nitrogens with one attached hydrogen (secondary N) is 1. The first-order valence-corrected chi connectivity index (χ1v) is 9.29. The monoisotopic (exact) mass is 404 g/mol. The number of nitrogens with zero attached hydrogens (tertiary/aromatic N) is 3. The Morgan fingerprint density at radius 3 is 2.92 bits per heavy atom. The number of carbonyl (C=O) groups is 1. The van der Waals surface area contributed by atoms with Crippen LogP contribution in [0.15, 0.2) is 24.5 Å². The second-order valence-corrected chi connectivity index (χ2v) is 7.12. The Kier molecular flexibility index (Phi) is 9.07. The fourth-order valence-electron chi connectivity index (χ4n) is 3.16. The molecular formula is C17H26Cl2N4OS. The van der Waals surface area contributed by atoms with Crippen molar-refractivity contribution < 1.29 is 4.79 Å². The molecule has 5 nitrogen and oxygen atoms in total. The molecule has 0 radical (unpaired) electrons. The highest BCUT2D eigenvalue weighted by atomic mass is 35.5. The fraction of sp³-hybridized carbons (Fsp3) is 0.529. The van der Waals surface area contributed by atoms with Gasteiger partial charge >= 0.3 is 0 Å². The first-order chi connectivity index (χ1) is 11.2. The molecular weight excluding hydrogens is 379 g/mol.